The second-order valence-corrected chi connectivity index (χ2v) is 6.45. The highest BCUT2D eigenvalue weighted by molar-refractivity contribution is 7.90. The Bertz CT molecular complexity index is 477. The van der Waals surface area contributed by atoms with E-state index >= 15 is 0 Å². The van der Waals surface area contributed by atoms with Gasteiger partial charge in [0.15, 0.2) is 0 Å². The normalized spacial score (nSPS) is 21.1. The number of piperidine rings is 1. The Balaban J connectivity index is 1.91. The van der Waals surface area contributed by atoms with Crippen LogP contribution < -0.4 is 10.0 Å². The molecule has 7 heteroatoms. The molecule has 6 nitrogen and oxygen atoms in total. The van der Waals surface area contributed by atoms with Crippen molar-refractivity contribution in [3.8, 4) is 0 Å². The second-order valence-electron chi connectivity index (χ2n) is 4.41. The third-order valence-electron chi connectivity index (χ3n) is 3.06. The smallest absolute Gasteiger partial charge is 0.216 e. The quantitative estimate of drug-likeness (QED) is 0.811. The van der Waals surface area contributed by atoms with Crippen LogP contribution in [0.5, 0.6) is 0 Å². The first-order chi connectivity index (χ1) is 8.62. The fourth-order valence-electron chi connectivity index (χ4n) is 1.96. The van der Waals surface area contributed by atoms with Crippen LogP contribution in [0.25, 0.3) is 0 Å². The summed E-state index contributed by atoms with van der Waals surface area (Å²) in [4.78, 5) is 4.03. The van der Waals surface area contributed by atoms with E-state index < -0.39 is 10.0 Å². The molecule has 1 atom stereocenters. The SMILES string of the molecule is CCc1cnc(CNS(=O)(=O)C2CCCNC2)o1. The summed E-state index contributed by atoms with van der Waals surface area (Å²) < 4.78 is 31.9. The van der Waals surface area contributed by atoms with Gasteiger partial charge >= 0.3 is 0 Å². The highest BCUT2D eigenvalue weighted by atomic mass is 32.2. The monoisotopic (exact) mass is 273 g/mol. The second kappa shape index (κ2) is 5.81. The van der Waals surface area contributed by atoms with Crippen molar-refractivity contribution in [3.05, 3.63) is 17.8 Å². The minimum absolute atomic E-state index is 0.124. The molecule has 1 saturated heterocycles. The molecule has 2 N–H and O–H groups in total. The van der Waals surface area contributed by atoms with E-state index in [2.05, 4.69) is 15.0 Å². The number of hydrogen-bond donors (Lipinski definition) is 2. The van der Waals surface area contributed by atoms with Gasteiger partial charge in [-0.2, -0.15) is 0 Å². The molecule has 0 saturated carbocycles. The Morgan fingerprint density at radius 2 is 2.44 bits per heavy atom. The van der Waals surface area contributed by atoms with Gasteiger partial charge in [0.25, 0.3) is 0 Å². The minimum Gasteiger partial charge on any atom is -0.444 e. The molecule has 1 aromatic rings. The summed E-state index contributed by atoms with van der Waals surface area (Å²) in [5.74, 6) is 1.18. The Hall–Kier alpha value is -0.920. The first-order valence-corrected chi connectivity index (χ1v) is 7.79. The number of hydrogen-bond acceptors (Lipinski definition) is 5. The van der Waals surface area contributed by atoms with Crippen molar-refractivity contribution in [3.63, 3.8) is 0 Å². The van der Waals surface area contributed by atoms with Gasteiger partial charge in [-0.05, 0) is 19.4 Å². The average molecular weight is 273 g/mol. The number of nitrogens with one attached hydrogen (secondary N) is 2. The maximum absolute atomic E-state index is 12.0. The third kappa shape index (κ3) is 3.30. The largest absolute Gasteiger partial charge is 0.444 e. The number of sulfonamides is 1. The van der Waals surface area contributed by atoms with E-state index in [1.807, 2.05) is 6.92 Å². The van der Waals surface area contributed by atoms with Gasteiger partial charge in [0.1, 0.15) is 5.76 Å². The van der Waals surface area contributed by atoms with Crippen molar-refractivity contribution in [1.82, 2.24) is 15.0 Å². The van der Waals surface area contributed by atoms with E-state index in [1.165, 1.54) is 0 Å². The van der Waals surface area contributed by atoms with E-state index in [1.54, 1.807) is 6.20 Å². The Morgan fingerprint density at radius 1 is 1.61 bits per heavy atom. The van der Waals surface area contributed by atoms with E-state index in [-0.39, 0.29) is 11.8 Å². The summed E-state index contributed by atoms with van der Waals surface area (Å²) in [6.45, 7) is 3.49. The van der Waals surface area contributed by atoms with Crippen LogP contribution in [-0.2, 0) is 23.0 Å². The van der Waals surface area contributed by atoms with Gasteiger partial charge in [0.2, 0.25) is 15.9 Å². The van der Waals surface area contributed by atoms with Gasteiger partial charge in [-0.25, -0.2) is 18.1 Å². The molecule has 0 amide bonds. The zero-order chi connectivity index (χ0) is 13.0. The number of aryl methyl sites for hydroxylation is 1. The van der Waals surface area contributed by atoms with Gasteiger partial charge in [0.05, 0.1) is 18.0 Å². The molecule has 0 radical (unpaired) electrons. The van der Waals surface area contributed by atoms with Gasteiger partial charge in [0, 0.05) is 13.0 Å². The van der Waals surface area contributed by atoms with Crippen LogP contribution in [0.1, 0.15) is 31.4 Å². The van der Waals surface area contributed by atoms with Crippen LogP contribution in [-0.4, -0.2) is 31.7 Å². The van der Waals surface area contributed by atoms with Crippen LogP contribution in [0, 0.1) is 0 Å². The number of nitrogens with zero attached hydrogens (tertiary/aromatic N) is 1. The van der Waals surface area contributed by atoms with Crippen LogP contribution in [0.2, 0.25) is 0 Å². The van der Waals surface area contributed by atoms with Crippen LogP contribution in [0.3, 0.4) is 0 Å². The molecule has 1 aromatic heterocycles. The lowest BCUT2D eigenvalue weighted by molar-refractivity contribution is 0.447. The molecule has 1 unspecified atom stereocenters. The predicted octanol–water partition coefficient (Wildman–Crippen LogP) is 0.408. The lowest BCUT2D eigenvalue weighted by Gasteiger charge is -2.22. The highest BCUT2D eigenvalue weighted by Crippen LogP contribution is 2.11. The Kier molecular flexibility index (Phi) is 4.36. The first-order valence-electron chi connectivity index (χ1n) is 6.24. The van der Waals surface area contributed by atoms with Crippen molar-refractivity contribution in [2.45, 2.75) is 38.0 Å². The summed E-state index contributed by atoms with van der Waals surface area (Å²) >= 11 is 0. The average Bonchev–Trinajstić information content (AvgIpc) is 2.86. The van der Waals surface area contributed by atoms with Crippen LogP contribution in [0.4, 0.5) is 0 Å². The van der Waals surface area contributed by atoms with Crippen LogP contribution >= 0.6 is 0 Å². The molecule has 0 aliphatic carbocycles. The lowest BCUT2D eigenvalue weighted by Crippen LogP contribution is -2.44. The Labute approximate surface area is 107 Å². The molecule has 0 spiro atoms. The number of aromatic nitrogens is 1. The summed E-state index contributed by atoms with van der Waals surface area (Å²) in [5.41, 5.74) is 0. The zero-order valence-corrected chi connectivity index (χ0v) is 11.3. The lowest BCUT2D eigenvalue weighted by atomic mass is 10.2. The van der Waals surface area contributed by atoms with Crippen molar-refractivity contribution in [1.29, 1.82) is 0 Å². The third-order valence-corrected chi connectivity index (χ3v) is 4.89. The van der Waals surface area contributed by atoms with E-state index in [9.17, 15) is 8.42 Å². The van der Waals surface area contributed by atoms with Gasteiger partial charge in [-0.15, -0.1) is 0 Å². The zero-order valence-electron chi connectivity index (χ0n) is 10.5. The van der Waals surface area contributed by atoms with Gasteiger partial charge in [-0.1, -0.05) is 6.92 Å². The van der Waals surface area contributed by atoms with Crippen molar-refractivity contribution >= 4 is 10.0 Å². The molecule has 0 bridgehead atoms. The summed E-state index contributed by atoms with van der Waals surface area (Å²) in [6, 6.07) is 0. The van der Waals surface area contributed by atoms with E-state index in [0.29, 0.717) is 18.9 Å². The highest BCUT2D eigenvalue weighted by Gasteiger charge is 2.27. The molecule has 1 aliphatic heterocycles. The molecule has 2 rings (SSSR count). The van der Waals surface area contributed by atoms with E-state index in [0.717, 1.165) is 25.1 Å². The maximum Gasteiger partial charge on any atom is 0.216 e. The molecule has 1 aliphatic rings. The molecular weight excluding hydrogens is 254 g/mol. The predicted molar refractivity (Wildman–Crippen MR) is 67.5 cm³/mol. The van der Waals surface area contributed by atoms with Gasteiger partial charge < -0.3 is 9.73 Å². The van der Waals surface area contributed by atoms with Crippen LogP contribution in [0.15, 0.2) is 10.6 Å². The fraction of sp³-hybridized carbons (Fsp3) is 0.727. The van der Waals surface area contributed by atoms with Crippen molar-refractivity contribution < 1.29 is 12.8 Å². The van der Waals surface area contributed by atoms with Crippen molar-refractivity contribution in [2.24, 2.45) is 0 Å². The molecule has 1 fully saturated rings. The Morgan fingerprint density at radius 3 is 3.06 bits per heavy atom. The first kappa shape index (κ1) is 13.5. The number of rotatable bonds is 5. The summed E-state index contributed by atoms with van der Waals surface area (Å²) in [5, 5.41) is 2.74. The van der Waals surface area contributed by atoms with E-state index in [4.69, 9.17) is 4.42 Å². The van der Waals surface area contributed by atoms with Crippen molar-refractivity contribution in [2.75, 3.05) is 13.1 Å². The molecule has 2 heterocycles. The standard InChI is InChI=1S/C11H19N3O3S/c1-2-9-6-13-11(17-9)8-14-18(15,16)10-4-3-5-12-7-10/h6,10,12,14H,2-5,7-8H2,1H3. The van der Waals surface area contributed by atoms with Gasteiger partial charge in [-0.3, -0.25) is 0 Å². The topological polar surface area (TPSA) is 84.2 Å². The summed E-state index contributed by atoms with van der Waals surface area (Å²) in [7, 11) is -3.29. The minimum atomic E-state index is -3.29. The molecular formula is C11H19N3O3S. The maximum atomic E-state index is 12.0. The molecule has 18 heavy (non-hydrogen) atoms. The fourth-order valence-corrected chi connectivity index (χ4v) is 3.33. The summed E-state index contributed by atoms with van der Waals surface area (Å²) in [6.07, 6.45) is 3.98. The molecule has 102 valence electrons. The number of oxazole rings is 1. The molecule has 0 aromatic carbocycles.